The summed E-state index contributed by atoms with van der Waals surface area (Å²) in [4.78, 5) is 3.67. The first-order chi connectivity index (χ1) is 18.7. The molecule has 0 aliphatic carbocycles. The summed E-state index contributed by atoms with van der Waals surface area (Å²) in [5, 5.41) is 0. The Balaban J connectivity index is 2.17. The van der Waals surface area contributed by atoms with Crippen molar-refractivity contribution in [1.82, 2.24) is 4.98 Å². The van der Waals surface area contributed by atoms with Crippen LogP contribution in [0.5, 0.6) is 0 Å². The highest BCUT2D eigenvalue weighted by Gasteiger charge is 2.24. The number of imidazole rings is 1. The quantitative estimate of drug-likeness (QED) is 0.0783. The number of aromatic nitrogens is 2. The molecule has 38 heavy (non-hydrogen) atoms. The van der Waals surface area contributed by atoms with Crippen molar-refractivity contribution in [3.05, 3.63) is 18.2 Å². The Kier molecular flexibility index (Phi) is 24.5. The average molecular weight is 532 g/mol. The molecule has 0 aliphatic heterocycles. The van der Waals surface area contributed by atoms with Crippen molar-refractivity contribution in [1.29, 1.82) is 0 Å². The Morgan fingerprint density at radius 2 is 0.895 bits per heavy atom. The molecule has 2 heteroatoms. The molecule has 1 aromatic heterocycles. The van der Waals surface area contributed by atoms with Gasteiger partial charge in [0.25, 0.3) is 5.82 Å². The number of unbranched alkanes of at least 4 members (excludes halogenated alkanes) is 21. The van der Waals surface area contributed by atoms with E-state index in [1.807, 2.05) is 0 Å². The highest BCUT2D eigenvalue weighted by Crippen LogP contribution is 2.26. The van der Waals surface area contributed by atoms with Gasteiger partial charge in [0, 0.05) is 0 Å². The zero-order chi connectivity index (χ0) is 27.5. The van der Waals surface area contributed by atoms with Gasteiger partial charge in [-0.1, -0.05) is 168 Å². The number of H-pyrrole nitrogens is 1. The minimum atomic E-state index is 0.621. The third-order valence-corrected chi connectivity index (χ3v) is 8.87. The Labute approximate surface area is 240 Å². The lowest BCUT2D eigenvalue weighted by molar-refractivity contribution is -0.727. The molecule has 224 valence electrons. The molecule has 2 atom stereocenters. The summed E-state index contributed by atoms with van der Waals surface area (Å²) in [5.74, 6) is 2.21. The van der Waals surface area contributed by atoms with E-state index in [0.717, 1.165) is 0 Å². The van der Waals surface area contributed by atoms with Crippen LogP contribution in [0.1, 0.15) is 219 Å². The number of aromatic amines is 1. The predicted molar refractivity (Wildman–Crippen MR) is 170 cm³/mol. The predicted octanol–water partition coefficient (Wildman–Crippen LogP) is 12.5. The van der Waals surface area contributed by atoms with Gasteiger partial charge in [0.05, 0.1) is 12.0 Å². The van der Waals surface area contributed by atoms with Gasteiger partial charge in [0.2, 0.25) is 0 Å². The van der Waals surface area contributed by atoms with Crippen LogP contribution in [0.25, 0.3) is 0 Å². The van der Waals surface area contributed by atoms with Crippen molar-refractivity contribution in [2.75, 3.05) is 0 Å². The summed E-state index contributed by atoms with van der Waals surface area (Å²) in [6, 6.07) is 0.621. The summed E-state index contributed by atoms with van der Waals surface area (Å²) in [6.07, 6.45) is 42.8. The van der Waals surface area contributed by atoms with E-state index in [1.54, 1.807) is 0 Å². The van der Waals surface area contributed by atoms with Crippen molar-refractivity contribution in [2.45, 2.75) is 213 Å². The Hall–Kier alpha value is -0.790. The van der Waals surface area contributed by atoms with E-state index in [2.05, 4.69) is 49.6 Å². The SMILES string of the molecule is CCCCCCCCCCCCCCCC(C)[n+]1cc[nH]c1C(CCC)CCCCCCCCCCCC. The van der Waals surface area contributed by atoms with Crippen LogP contribution in [-0.2, 0) is 0 Å². The molecular formula is C36H71N2+. The highest BCUT2D eigenvalue weighted by atomic mass is 15.1. The Bertz CT molecular complexity index is 592. The fraction of sp³-hybridized carbons (Fsp3) is 0.917. The molecule has 0 radical (unpaired) electrons. The van der Waals surface area contributed by atoms with Crippen LogP contribution in [0.2, 0.25) is 0 Å². The van der Waals surface area contributed by atoms with Gasteiger partial charge in [0.15, 0.2) is 0 Å². The number of rotatable bonds is 29. The molecule has 1 heterocycles. The molecule has 0 saturated heterocycles. The first-order valence-corrected chi connectivity index (χ1v) is 17.8. The molecule has 2 nitrogen and oxygen atoms in total. The first kappa shape index (κ1) is 35.2. The van der Waals surface area contributed by atoms with Crippen molar-refractivity contribution in [3.63, 3.8) is 0 Å². The van der Waals surface area contributed by atoms with Gasteiger partial charge >= 0.3 is 0 Å². The van der Waals surface area contributed by atoms with Crippen molar-refractivity contribution < 1.29 is 4.57 Å². The van der Waals surface area contributed by atoms with Gasteiger partial charge < -0.3 is 0 Å². The topological polar surface area (TPSA) is 19.7 Å². The molecule has 1 N–H and O–H groups in total. The minimum absolute atomic E-state index is 0.621. The van der Waals surface area contributed by atoms with Crippen molar-refractivity contribution >= 4 is 0 Å². The normalized spacial score (nSPS) is 13.3. The number of nitrogens with zero attached hydrogens (tertiary/aromatic N) is 1. The lowest BCUT2D eigenvalue weighted by atomic mass is 9.94. The molecule has 2 unspecified atom stereocenters. The van der Waals surface area contributed by atoms with Crippen LogP contribution >= 0.6 is 0 Å². The van der Waals surface area contributed by atoms with Crippen LogP contribution in [-0.4, -0.2) is 4.98 Å². The Morgan fingerprint density at radius 1 is 0.500 bits per heavy atom. The molecule has 1 rings (SSSR count). The van der Waals surface area contributed by atoms with Gasteiger partial charge in [0.1, 0.15) is 12.4 Å². The van der Waals surface area contributed by atoms with Gasteiger partial charge in [-0.05, 0) is 32.6 Å². The minimum Gasteiger partial charge on any atom is -0.247 e. The number of hydrogen-bond donors (Lipinski definition) is 1. The largest absolute Gasteiger partial charge is 0.257 e. The van der Waals surface area contributed by atoms with E-state index in [0.29, 0.717) is 12.0 Å². The molecule has 1 aromatic rings. The van der Waals surface area contributed by atoms with E-state index in [4.69, 9.17) is 0 Å². The van der Waals surface area contributed by atoms with Gasteiger partial charge in [-0.25, -0.2) is 9.55 Å². The van der Waals surface area contributed by atoms with Gasteiger partial charge in [-0.2, -0.15) is 0 Å². The summed E-state index contributed by atoms with van der Waals surface area (Å²) in [5.41, 5.74) is 0. The highest BCUT2D eigenvalue weighted by molar-refractivity contribution is 4.90. The zero-order valence-corrected chi connectivity index (χ0v) is 26.8. The summed E-state index contributed by atoms with van der Waals surface area (Å²) >= 11 is 0. The summed E-state index contributed by atoms with van der Waals surface area (Å²) < 4.78 is 2.59. The van der Waals surface area contributed by atoms with E-state index in [9.17, 15) is 0 Å². The monoisotopic (exact) mass is 532 g/mol. The smallest absolute Gasteiger partial charge is 0.247 e. The van der Waals surface area contributed by atoms with Gasteiger partial charge in [-0.15, -0.1) is 0 Å². The van der Waals surface area contributed by atoms with Gasteiger partial charge in [-0.3, -0.25) is 0 Å². The standard InChI is InChI=1S/C36H70N2/c1-5-8-10-12-14-16-18-19-20-21-23-25-27-30-34(4)38-33-32-37-36(38)35(29-7-3)31-28-26-24-22-17-15-13-11-9-6-2/h32-35H,5-31H2,1-4H3/p+1. The first-order valence-electron chi connectivity index (χ1n) is 17.8. The third-order valence-electron chi connectivity index (χ3n) is 8.87. The molecule has 0 bridgehead atoms. The fourth-order valence-corrected chi connectivity index (χ4v) is 6.31. The molecular weight excluding hydrogens is 460 g/mol. The second-order valence-electron chi connectivity index (χ2n) is 12.6. The molecule has 0 amide bonds. The lowest BCUT2D eigenvalue weighted by Gasteiger charge is -2.16. The Morgan fingerprint density at radius 3 is 1.32 bits per heavy atom. The van der Waals surface area contributed by atoms with Crippen molar-refractivity contribution in [2.24, 2.45) is 0 Å². The van der Waals surface area contributed by atoms with Crippen LogP contribution in [0.3, 0.4) is 0 Å². The average Bonchev–Trinajstić information content (AvgIpc) is 3.41. The summed E-state index contributed by atoms with van der Waals surface area (Å²) in [7, 11) is 0. The maximum absolute atomic E-state index is 3.67. The fourth-order valence-electron chi connectivity index (χ4n) is 6.31. The maximum Gasteiger partial charge on any atom is 0.257 e. The van der Waals surface area contributed by atoms with Crippen molar-refractivity contribution in [3.8, 4) is 0 Å². The molecule has 0 aromatic carbocycles. The summed E-state index contributed by atoms with van der Waals surface area (Å²) in [6.45, 7) is 9.42. The zero-order valence-electron chi connectivity index (χ0n) is 26.8. The molecule has 0 saturated carbocycles. The van der Waals surface area contributed by atoms with Crippen LogP contribution in [0.15, 0.2) is 12.4 Å². The third kappa shape index (κ3) is 18.5. The van der Waals surface area contributed by atoms with Crippen LogP contribution < -0.4 is 4.57 Å². The number of nitrogens with one attached hydrogen (secondary N) is 1. The van der Waals surface area contributed by atoms with E-state index >= 15 is 0 Å². The van der Waals surface area contributed by atoms with E-state index in [1.165, 1.54) is 179 Å². The van der Waals surface area contributed by atoms with E-state index < -0.39 is 0 Å². The lowest BCUT2D eigenvalue weighted by Crippen LogP contribution is -2.41. The number of hydrogen-bond acceptors (Lipinski definition) is 0. The van der Waals surface area contributed by atoms with Crippen LogP contribution in [0.4, 0.5) is 0 Å². The molecule has 0 fully saturated rings. The van der Waals surface area contributed by atoms with Crippen LogP contribution in [0, 0.1) is 0 Å². The second-order valence-corrected chi connectivity index (χ2v) is 12.6. The maximum atomic E-state index is 3.67. The second kappa shape index (κ2) is 26.4. The van der Waals surface area contributed by atoms with E-state index in [-0.39, 0.29) is 0 Å². The molecule has 0 spiro atoms. The molecule has 0 aliphatic rings.